The molecule has 1 aliphatic heterocycles. The Morgan fingerprint density at radius 3 is 2.91 bits per heavy atom. The number of ether oxygens (including phenoxy) is 1. The lowest BCUT2D eigenvalue weighted by molar-refractivity contribution is -0.121. The smallest absolute Gasteiger partial charge is 0.231 e. The number of amides is 1. The Balaban J connectivity index is 1.72. The second-order valence-electron chi connectivity index (χ2n) is 5.42. The van der Waals surface area contributed by atoms with Crippen LogP contribution in [0.15, 0.2) is 36.4 Å². The summed E-state index contributed by atoms with van der Waals surface area (Å²) in [6, 6.07) is 10.0. The fraction of sp³-hybridized carbons (Fsp3) is 0.235. The Bertz CT molecular complexity index is 733. The van der Waals surface area contributed by atoms with Gasteiger partial charge < -0.3 is 10.1 Å². The fourth-order valence-corrected chi connectivity index (χ4v) is 2.64. The van der Waals surface area contributed by atoms with E-state index in [0.29, 0.717) is 29.3 Å². The summed E-state index contributed by atoms with van der Waals surface area (Å²) in [5, 5.41) is 3.35. The van der Waals surface area contributed by atoms with Gasteiger partial charge in [-0.05, 0) is 54.8 Å². The van der Waals surface area contributed by atoms with Gasteiger partial charge in [-0.15, -0.1) is 0 Å². The molecule has 2 aromatic carbocycles. The van der Waals surface area contributed by atoms with Crippen molar-refractivity contribution < 1.29 is 13.9 Å². The maximum absolute atomic E-state index is 13.5. The average Bonchev–Trinajstić information content (AvgIpc) is 2.50. The molecule has 0 aliphatic carbocycles. The van der Waals surface area contributed by atoms with Crippen molar-refractivity contribution in [3.05, 3.63) is 58.4 Å². The maximum Gasteiger partial charge on any atom is 0.231 e. The zero-order valence-electron chi connectivity index (χ0n) is 12.0. The normalized spacial score (nSPS) is 16.6. The number of nitrogens with one attached hydrogen (secondary N) is 1. The van der Waals surface area contributed by atoms with Gasteiger partial charge >= 0.3 is 0 Å². The topological polar surface area (TPSA) is 38.3 Å². The number of halogens is 2. The third-order valence-corrected chi connectivity index (χ3v) is 3.97. The van der Waals surface area contributed by atoms with Gasteiger partial charge in [0.1, 0.15) is 18.2 Å². The highest BCUT2D eigenvalue weighted by Gasteiger charge is 2.26. The lowest BCUT2D eigenvalue weighted by Crippen LogP contribution is -2.32. The quantitative estimate of drug-likeness (QED) is 0.909. The van der Waals surface area contributed by atoms with Gasteiger partial charge in [-0.2, -0.15) is 0 Å². The molecule has 1 atom stereocenters. The van der Waals surface area contributed by atoms with Gasteiger partial charge in [0.05, 0.1) is 5.92 Å². The highest BCUT2D eigenvalue weighted by Crippen LogP contribution is 2.30. The molecule has 0 spiro atoms. The van der Waals surface area contributed by atoms with E-state index in [-0.39, 0.29) is 17.6 Å². The molecule has 1 heterocycles. The van der Waals surface area contributed by atoms with Crippen molar-refractivity contribution >= 4 is 23.2 Å². The molecule has 3 nitrogen and oxygen atoms in total. The molecule has 1 N–H and O–H groups in total. The van der Waals surface area contributed by atoms with Crippen molar-refractivity contribution in [2.24, 2.45) is 5.92 Å². The Kier molecular flexibility index (Phi) is 4.03. The molecule has 1 amide bonds. The van der Waals surface area contributed by atoms with E-state index in [2.05, 4.69) is 5.32 Å². The van der Waals surface area contributed by atoms with E-state index in [0.717, 1.165) is 11.3 Å². The maximum atomic E-state index is 13.5. The van der Waals surface area contributed by atoms with Crippen LogP contribution in [-0.4, -0.2) is 12.5 Å². The second kappa shape index (κ2) is 5.97. The molecule has 1 unspecified atom stereocenters. The molecule has 0 saturated heterocycles. The van der Waals surface area contributed by atoms with Gasteiger partial charge in [-0.1, -0.05) is 17.7 Å². The van der Waals surface area contributed by atoms with E-state index >= 15 is 0 Å². The molecule has 1 aliphatic rings. The van der Waals surface area contributed by atoms with Crippen molar-refractivity contribution in [3.63, 3.8) is 0 Å². The standard InChI is InChI=1S/C17H15ClFNO2/c1-10-2-4-14(8-15(10)19)20-17(21)12-6-11-7-13(18)3-5-16(11)22-9-12/h2-5,7-8,12H,6,9H2,1H3,(H,20,21). The summed E-state index contributed by atoms with van der Waals surface area (Å²) in [6.45, 7) is 1.98. The van der Waals surface area contributed by atoms with Crippen molar-refractivity contribution in [1.82, 2.24) is 0 Å². The summed E-state index contributed by atoms with van der Waals surface area (Å²) < 4.78 is 19.1. The van der Waals surface area contributed by atoms with Crippen LogP contribution in [0.2, 0.25) is 5.02 Å². The second-order valence-corrected chi connectivity index (χ2v) is 5.85. The number of carbonyl (C=O) groups is 1. The number of anilines is 1. The molecule has 0 aromatic heterocycles. The first-order valence-corrected chi connectivity index (χ1v) is 7.39. The molecule has 0 fully saturated rings. The number of rotatable bonds is 2. The van der Waals surface area contributed by atoms with Gasteiger partial charge in [-0.3, -0.25) is 4.79 Å². The third-order valence-electron chi connectivity index (χ3n) is 3.74. The summed E-state index contributed by atoms with van der Waals surface area (Å²) in [6.07, 6.45) is 0.552. The molecule has 2 aromatic rings. The van der Waals surface area contributed by atoms with Crippen LogP contribution in [0.1, 0.15) is 11.1 Å². The molecule has 114 valence electrons. The average molecular weight is 320 g/mol. The summed E-state index contributed by atoms with van der Waals surface area (Å²) in [5.41, 5.74) is 1.90. The number of hydrogen-bond donors (Lipinski definition) is 1. The summed E-state index contributed by atoms with van der Waals surface area (Å²) in [5.74, 6) is -0.0890. The predicted molar refractivity (Wildman–Crippen MR) is 83.9 cm³/mol. The van der Waals surface area contributed by atoms with E-state index in [1.807, 2.05) is 6.07 Å². The minimum atomic E-state index is -0.338. The zero-order chi connectivity index (χ0) is 15.7. The number of benzene rings is 2. The third kappa shape index (κ3) is 3.07. The summed E-state index contributed by atoms with van der Waals surface area (Å²) in [4.78, 5) is 12.3. The molecule has 0 bridgehead atoms. The van der Waals surface area contributed by atoms with Gasteiger partial charge in [0, 0.05) is 10.7 Å². The number of hydrogen-bond acceptors (Lipinski definition) is 2. The Morgan fingerprint density at radius 1 is 1.32 bits per heavy atom. The van der Waals surface area contributed by atoms with E-state index in [1.165, 1.54) is 6.07 Å². The number of fused-ring (bicyclic) bond motifs is 1. The first kappa shape index (κ1) is 14.9. The van der Waals surface area contributed by atoms with Crippen molar-refractivity contribution in [2.45, 2.75) is 13.3 Å². The zero-order valence-corrected chi connectivity index (χ0v) is 12.8. The minimum absolute atomic E-state index is 0.186. The molecule has 3 rings (SSSR count). The van der Waals surface area contributed by atoms with Crippen molar-refractivity contribution in [3.8, 4) is 5.75 Å². The molecular weight excluding hydrogens is 305 g/mol. The lowest BCUT2D eigenvalue weighted by atomic mass is 9.96. The van der Waals surface area contributed by atoms with Crippen LogP contribution in [-0.2, 0) is 11.2 Å². The van der Waals surface area contributed by atoms with E-state index < -0.39 is 0 Å². The van der Waals surface area contributed by atoms with Crippen LogP contribution < -0.4 is 10.1 Å². The first-order valence-electron chi connectivity index (χ1n) is 7.01. The van der Waals surface area contributed by atoms with Gasteiger partial charge in [0.15, 0.2) is 0 Å². The highest BCUT2D eigenvalue weighted by atomic mass is 35.5. The highest BCUT2D eigenvalue weighted by molar-refractivity contribution is 6.30. The Hall–Kier alpha value is -2.07. The van der Waals surface area contributed by atoms with Crippen molar-refractivity contribution in [2.75, 3.05) is 11.9 Å². The molecule has 22 heavy (non-hydrogen) atoms. The van der Waals surface area contributed by atoms with Gasteiger partial charge in [0.25, 0.3) is 0 Å². The Labute approximate surface area is 133 Å². The van der Waals surface area contributed by atoms with Crippen LogP contribution in [0.5, 0.6) is 5.75 Å². The predicted octanol–water partition coefficient (Wildman–Crippen LogP) is 3.98. The summed E-state index contributed by atoms with van der Waals surface area (Å²) in [7, 11) is 0. The summed E-state index contributed by atoms with van der Waals surface area (Å²) >= 11 is 5.97. The van der Waals surface area contributed by atoms with Crippen molar-refractivity contribution in [1.29, 1.82) is 0 Å². The number of carbonyl (C=O) groups excluding carboxylic acids is 1. The van der Waals surface area contributed by atoms with E-state index in [1.54, 1.807) is 31.2 Å². The van der Waals surface area contributed by atoms with Crippen LogP contribution >= 0.6 is 11.6 Å². The van der Waals surface area contributed by atoms with E-state index in [9.17, 15) is 9.18 Å². The van der Waals surface area contributed by atoms with Crippen LogP contribution in [0.25, 0.3) is 0 Å². The first-order chi connectivity index (χ1) is 10.5. The minimum Gasteiger partial charge on any atom is -0.492 e. The molecule has 5 heteroatoms. The van der Waals surface area contributed by atoms with Crippen LogP contribution in [0.3, 0.4) is 0 Å². The fourth-order valence-electron chi connectivity index (χ4n) is 2.45. The molecule has 0 radical (unpaired) electrons. The Morgan fingerprint density at radius 2 is 2.14 bits per heavy atom. The monoisotopic (exact) mass is 319 g/mol. The largest absolute Gasteiger partial charge is 0.492 e. The lowest BCUT2D eigenvalue weighted by Gasteiger charge is -2.24. The van der Waals surface area contributed by atoms with E-state index in [4.69, 9.17) is 16.3 Å². The van der Waals surface area contributed by atoms with Gasteiger partial charge in [-0.25, -0.2) is 4.39 Å². The van der Waals surface area contributed by atoms with Crippen LogP contribution in [0.4, 0.5) is 10.1 Å². The molecule has 0 saturated carbocycles. The number of aryl methyl sites for hydroxylation is 1. The molecular formula is C17H15ClFNO2. The SMILES string of the molecule is Cc1ccc(NC(=O)C2COc3ccc(Cl)cc3C2)cc1F. The van der Waals surface area contributed by atoms with Gasteiger partial charge in [0.2, 0.25) is 5.91 Å². The van der Waals surface area contributed by atoms with Crippen LogP contribution in [0, 0.1) is 18.7 Å².